The average Bonchev–Trinajstić information content (AvgIpc) is 2.86. The maximum absolute atomic E-state index is 12.8. The van der Waals surface area contributed by atoms with E-state index in [0.29, 0.717) is 22.9 Å². The number of fused-ring (bicyclic) bond motifs is 1. The van der Waals surface area contributed by atoms with Gasteiger partial charge in [0, 0.05) is 37.0 Å². The van der Waals surface area contributed by atoms with E-state index in [1.54, 1.807) is 0 Å². The van der Waals surface area contributed by atoms with Crippen molar-refractivity contribution >= 4 is 61.0 Å². The minimum Gasteiger partial charge on any atom is -0.404 e. The van der Waals surface area contributed by atoms with Gasteiger partial charge < -0.3 is 15.0 Å². The van der Waals surface area contributed by atoms with E-state index in [0.717, 1.165) is 54.5 Å². The third kappa shape index (κ3) is 8.32. The molecule has 14 heteroatoms. The van der Waals surface area contributed by atoms with Crippen LogP contribution in [0.2, 0.25) is 0 Å². The molecule has 1 heterocycles. The van der Waals surface area contributed by atoms with Crippen LogP contribution >= 0.6 is 28.3 Å². The highest BCUT2D eigenvalue weighted by molar-refractivity contribution is 9.10. The molecular weight excluding hydrogens is 623 g/mol. The second-order valence-corrected chi connectivity index (χ2v) is 12.2. The van der Waals surface area contributed by atoms with Gasteiger partial charge in [-0.25, -0.2) is 18.1 Å². The second kappa shape index (κ2) is 12.9. The summed E-state index contributed by atoms with van der Waals surface area (Å²) < 4.78 is 70.6. The van der Waals surface area contributed by atoms with Crippen molar-refractivity contribution in [2.45, 2.75) is 36.9 Å². The third-order valence-corrected chi connectivity index (χ3v) is 8.44. The van der Waals surface area contributed by atoms with Gasteiger partial charge >= 0.3 is 6.36 Å². The van der Waals surface area contributed by atoms with Crippen molar-refractivity contribution in [2.24, 2.45) is 11.8 Å². The number of ether oxygens (including phenoxy) is 1. The Hall–Kier alpha value is -2.35. The SMILES string of the molecule is CN(C)c1nc(NCC2CCC(CNS(=O)(=O)c3cc(Br)ccc3OC(F)(F)F)CC2)nc2ccccc12.Cl. The molecule has 2 aromatic carbocycles. The molecule has 1 aliphatic rings. The van der Waals surface area contributed by atoms with Crippen LogP contribution in [0.15, 0.2) is 51.8 Å². The summed E-state index contributed by atoms with van der Waals surface area (Å²) in [6, 6.07) is 11.2. The van der Waals surface area contributed by atoms with Gasteiger partial charge in [0.05, 0.1) is 5.52 Å². The van der Waals surface area contributed by atoms with E-state index in [4.69, 9.17) is 0 Å². The van der Waals surface area contributed by atoms with E-state index in [-0.39, 0.29) is 24.9 Å². The van der Waals surface area contributed by atoms with Crippen molar-refractivity contribution in [1.82, 2.24) is 14.7 Å². The van der Waals surface area contributed by atoms with Crippen LogP contribution in [0.5, 0.6) is 5.75 Å². The molecule has 1 saturated carbocycles. The molecule has 1 aromatic heterocycles. The van der Waals surface area contributed by atoms with Crippen LogP contribution in [0.25, 0.3) is 10.9 Å². The highest BCUT2D eigenvalue weighted by Gasteiger charge is 2.34. The number of para-hydroxylation sites is 1. The Morgan fingerprint density at radius 3 is 2.31 bits per heavy atom. The van der Waals surface area contributed by atoms with Gasteiger partial charge in [-0.15, -0.1) is 25.6 Å². The predicted molar refractivity (Wildman–Crippen MR) is 151 cm³/mol. The number of aromatic nitrogens is 2. The number of rotatable bonds is 9. The van der Waals surface area contributed by atoms with Crippen LogP contribution < -0.4 is 19.7 Å². The lowest BCUT2D eigenvalue weighted by molar-refractivity contribution is -0.275. The number of hydrogen-bond donors (Lipinski definition) is 2. The van der Waals surface area contributed by atoms with Gasteiger partial charge in [-0.05, 0) is 67.9 Å². The number of benzene rings is 2. The van der Waals surface area contributed by atoms with Crippen LogP contribution in [-0.4, -0.2) is 51.9 Å². The average molecular weight is 653 g/mol. The highest BCUT2D eigenvalue weighted by Crippen LogP contribution is 2.33. The predicted octanol–water partition coefficient (Wildman–Crippen LogP) is 5.98. The van der Waals surface area contributed by atoms with E-state index in [2.05, 4.69) is 40.7 Å². The van der Waals surface area contributed by atoms with Crippen molar-refractivity contribution in [2.75, 3.05) is 37.4 Å². The summed E-state index contributed by atoms with van der Waals surface area (Å²) in [4.78, 5) is 10.7. The van der Waals surface area contributed by atoms with Gasteiger partial charge in [-0.3, -0.25) is 0 Å². The summed E-state index contributed by atoms with van der Waals surface area (Å²) in [5.41, 5.74) is 0.860. The minimum atomic E-state index is -5.00. The van der Waals surface area contributed by atoms with Crippen LogP contribution in [0.3, 0.4) is 0 Å². The lowest BCUT2D eigenvalue weighted by Crippen LogP contribution is -2.33. The fraction of sp³-hybridized carbons (Fsp3) is 0.440. The molecule has 4 rings (SSSR count). The molecule has 0 amide bonds. The highest BCUT2D eigenvalue weighted by atomic mass is 79.9. The third-order valence-electron chi connectivity index (χ3n) is 6.50. The first kappa shape index (κ1) is 31.2. The van der Waals surface area contributed by atoms with Gasteiger partial charge in [0.1, 0.15) is 16.5 Å². The van der Waals surface area contributed by atoms with E-state index < -0.39 is 27.0 Å². The zero-order chi connectivity index (χ0) is 27.5. The summed E-state index contributed by atoms with van der Waals surface area (Å²) in [5.74, 6) is 1.09. The largest absolute Gasteiger partial charge is 0.573 e. The van der Waals surface area contributed by atoms with Crippen molar-refractivity contribution in [3.63, 3.8) is 0 Å². The Labute approximate surface area is 240 Å². The molecule has 0 radical (unpaired) electrons. The normalized spacial score (nSPS) is 17.9. The summed E-state index contributed by atoms with van der Waals surface area (Å²) in [7, 11) is -0.333. The Kier molecular flexibility index (Phi) is 10.3. The Bertz CT molecular complexity index is 1390. The molecule has 0 aliphatic heterocycles. The summed E-state index contributed by atoms with van der Waals surface area (Å²) in [5, 5.41) is 4.33. The number of nitrogens with one attached hydrogen (secondary N) is 2. The monoisotopic (exact) mass is 651 g/mol. The molecule has 1 fully saturated rings. The molecule has 0 atom stereocenters. The maximum atomic E-state index is 12.8. The lowest BCUT2D eigenvalue weighted by Gasteiger charge is -2.29. The summed E-state index contributed by atoms with van der Waals surface area (Å²) in [6.45, 7) is 0.834. The molecule has 0 bridgehead atoms. The van der Waals surface area contributed by atoms with Crippen molar-refractivity contribution in [1.29, 1.82) is 0 Å². The number of sulfonamides is 1. The first-order valence-corrected chi connectivity index (χ1v) is 14.4. The number of hydrogen-bond acceptors (Lipinski definition) is 7. The smallest absolute Gasteiger partial charge is 0.404 e. The Balaban J connectivity index is 0.00000420. The Morgan fingerprint density at radius 2 is 1.67 bits per heavy atom. The van der Waals surface area contributed by atoms with Gasteiger partial charge in [0.25, 0.3) is 0 Å². The first-order valence-electron chi connectivity index (χ1n) is 12.1. The molecule has 3 aromatic rings. The van der Waals surface area contributed by atoms with Crippen molar-refractivity contribution in [3.8, 4) is 5.75 Å². The van der Waals surface area contributed by atoms with Gasteiger partial charge in [-0.1, -0.05) is 28.1 Å². The first-order chi connectivity index (χ1) is 17.9. The molecule has 214 valence electrons. The number of anilines is 2. The van der Waals surface area contributed by atoms with Gasteiger partial charge in [0.2, 0.25) is 16.0 Å². The number of alkyl halides is 3. The lowest BCUT2D eigenvalue weighted by atomic mass is 9.82. The summed E-state index contributed by atoms with van der Waals surface area (Å²) >= 11 is 3.11. The molecule has 8 nitrogen and oxygen atoms in total. The molecule has 2 N–H and O–H groups in total. The van der Waals surface area contributed by atoms with Crippen molar-refractivity contribution in [3.05, 3.63) is 46.9 Å². The van der Waals surface area contributed by atoms with E-state index in [1.165, 1.54) is 6.07 Å². The molecule has 39 heavy (non-hydrogen) atoms. The quantitative estimate of drug-likeness (QED) is 0.294. The fourth-order valence-electron chi connectivity index (χ4n) is 4.56. The standard InChI is InChI=1S/C25H29BrF3N5O3S.ClH/c1-34(2)23-19-5-3-4-6-20(19)32-24(33-23)30-14-16-7-9-17(10-8-16)15-31-38(35,36)22-13-18(26)11-12-21(22)37-25(27,28)29;/h3-6,11-13,16-17,31H,7-10,14-15H2,1-2H3,(H,30,32,33);1H. The summed E-state index contributed by atoms with van der Waals surface area (Å²) in [6.07, 6.45) is -1.66. The molecule has 1 aliphatic carbocycles. The van der Waals surface area contributed by atoms with Gasteiger partial charge in [0.15, 0.2) is 0 Å². The van der Waals surface area contributed by atoms with Crippen LogP contribution in [0.4, 0.5) is 24.9 Å². The number of nitrogens with zero attached hydrogens (tertiary/aromatic N) is 3. The van der Waals surface area contributed by atoms with Crippen LogP contribution in [-0.2, 0) is 10.0 Å². The zero-order valence-corrected chi connectivity index (χ0v) is 24.6. The molecule has 0 unspecified atom stereocenters. The van der Waals surface area contributed by atoms with Crippen LogP contribution in [0, 0.1) is 11.8 Å². The minimum absolute atomic E-state index is 0. The number of halogens is 5. The molecule has 0 spiro atoms. The second-order valence-electron chi connectivity index (χ2n) is 9.54. The van der Waals surface area contributed by atoms with Gasteiger partial charge in [-0.2, -0.15) is 4.98 Å². The maximum Gasteiger partial charge on any atom is 0.573 e. The molecule has 0 saturated heterocycles. The molecular formula is C25H30BrClF3N5O3S. The van der Waals surface area contributed by atoms with Crippen LogP contribution in [0.1, 0.15) is 25.7 Å². The van der Waals surface area contributed by atoms with E-state index in [9.17, 15) is 21.6 Å². The van der Waals surface area contributed by atoms with E-state index in [1.807, 2.05) is 43.3 Å². The van der Waals surface area contributed by atoms with E-state index >= 15 is 0 Å². The fourth-order valence-corrected chi connectivity index (χ4v) is 6.34. The zero-order valence-electron chi connectivity index (χ0n) is 21.3. The Morgan fingerprint density at radius 1 is 1.03 bits per heavy atom. The topological polar surface area (TPSA) is 96.5 Å². The van der Waals surface area contributed by atoms with Crippen molar-refractivity contribution < 1.29 is 26.3 Å².